The molecule has 1 atom stereocenters. The van der Waals surface area contributed by atoms with Crippen molar-refractivity contribution in [3.63, 3.8) is 0 Å². The minimum Gasteiger partial charge on any atom is -0.0620 e. The molecule has 0 fully saturated rings. The molecule has 0 heterocycles. The van der Waals surface area contributed by atoms with E-state index in [-0.39, 0.29) is 5.41 Å². The third-order valence-corrected chi connectivity index (χ3v) is 4.63. The van der Waals surface area contributed by atoms with Gasteiger partial charge in [0.2, 0.25) is 0 Å². The molecular weight excluding hydrogens is 235 g/mol. The third-order valence-electron chi connectivity index (χ3n) is 3.17. The van der Waals surface area contributed by atoms with Crippen LogP contribution in [0.1, 0.15) is 31.9 Å². The van der Waals surface area contributed by atoms with Gasteiger partial charge in [0.1, 0.15) is 0 Å². The van der Waals surface area contributed by atoms with Crippen LogP contribution in [0.15, 0.2) is 48.5 Å². The first-order chi connectivity index (χ1) is 8.47. The van der Waals surface area contributed by atoms with Gasteiger partial charge in [-0.2, -0.15) is 0 Å². The van der Waals surface area contributed by atoms with Gasteiger partial charge in [-0.05, 0) is 34.1 Å². The smallest absolute Gasteiger partial charge is 0.0132 e. The average Bonchev–Trinajstić information content (AvgIpc) is 2.32. The summed E-state index contributed by atoms with van der Waals surface area (Å²) in [6, 6.07) is 17.7. The highest BCUT2D eigenvalue weighted by Crippen LogP contribution is 2.22. The molecule has 0 amide bonds. The molecule has 0 bridgehead atoms. The van der Waals surface area contributed by atoms with Gasteiger partial charge in [-0.25, -0.2) is 0 Å². The van der Waals surface area contributed by atoms with Crippen LogP contribution in [0.5, 0.6) is 0 Å². The van der Waals surface area contributed by atoms with E-state index in [1.165, 1.54) is 21.7 Å². The highest BCUT2D eigenvalue weighted by atomic mass is 31.1. The van der Waals surface area contributed by atoms with E-state index >= 15 is 0 Å². The molecule has 0 spiro atoms. The van der Waals surface area contributed by atoms with Gasteiger partial charge in [-0.1, -0.05) is 77.9 Å². The maximum atomic E-state index is 2.27. The van der Waals surface area contributed by atoms with Crippen LogP contribution >= 0.6 is 8.58 Å². The summed E-state index contributed by atoms with van der Waals surface area (Å²) < 4.78 is 0. The Morgan fingerprint density at radius 2 is 1.44 bits per heavy atom. The third kappa shape index (κ3) is 3.21. The molecular formula is C17H21P. The van der Waals surface area contributed by atoms with E-state index in [2.05, 4.69) is 76.2 Å². The number of hydrogen-bond donors (Lipinski definition) is 0. The van der Waals surface area contributed by atoms with Gasteiger partial charge in [-0.3, -0.25) is 0 Å². The second-order valence-corrected chi connectivity index (χ2v) is 7.13. The molecule has 1 unspecified atom stereocenters. The molecule has 0 nitrogen and oxygen atoms in total. The zero-order chi connectivity index (χ0) is 13.2. The molecule has 0 saturated carbocycles. The highest BCUT2D eigenvalue weighted by molar-refractivity contribution is 7.55. The average molecular weight is 256 g/mol. The molecule has 0 aromatic heterocycles. The monoisotopic (exact) mass is 256 g/mol. The van der Waals surface area contributed by atoms with Crippen molar-refractivity contribution in [2.24, 2.45) is 0 Å². The lowest BCUT2D eigenvalue weighted by Crippen LogP contribution is -2.13. The molecule has 0 N–H and O–H groups in total. The molecule has 2 rings (SSSR count). The van der Waals surface area contributed by atoms with Gasteiger partial charge in [0.05, 0.1) is 0 Å². The summed E-state index contributed by atoms with van der Waals surface area (Å²) in [7, 11) is 0.755. The summed E-state index contributed by atoms with van der Waals surface area (Å²) in [6.45, 7) is 8.95. The van der Waals surface area contributed by atoms with Crippen LogP contribution in [0.2, 0.25) is 0 Å². The summed E-state index contributed by atoms with van der Waals surface area (Å²) in [4.78, 5) is 0. The standard InChI is InChI=1S/C17H21P/c1-13-7-5-6-8-16(13)18-15-11-9-14(10-12-15)17(2,3)4/h5-12,18H,1-4H3. The Morgan fingerprint density at radius 1 is 0.833 bits per heavy atom. The summed E-state index contributed by atoms with van der Waals surface area (Å²) in [6.07, 6.45) is 0. The maximum absolute atomic E-state index is 2.27. The van der Waals surface area contributed by atoms with Crippen molar-refractivity contribution in [1.29, 1.82) is 0 Å². The van der Waals surface area contributed by atoms with Crippen LogP contribution in [0.3, 0.4) is 0 Å². The fraction of sp³-hybridized carbons (Fsp3) is 0.294. The molecule has 0 aliphatic carbocycles. The largest absolute Gasteiger partial charge is 0.0620 e. The summed E-state index contributed by atoms with van der Waals surface area (Å²) in [5.41, 5.74) is 3.03. The fourth-order valence-corrected chi connectivity index (χ4v) is 3.03. The Kier molecular flexibility index (Phi) is 3.88. The quantitative estimate of drug-likeness (QED) is 0.714. The second-order valence-electron chi connectivity index (χ2n) is 5.77. The lowest BCUT2D eigenvalue weighted by Gasteiger charge is -2.19. The van der Waals surface area contributed by atoms with Crippen LogP contribution in [-0.4, -0.2) is 0 Å². The number of aryl methyl sites for hydroxylation is 1. The lowest BCUT2D eigenvalue weighted by molar-refractivity contribution is 0.590. The SMILES string of the molecule is Cc1ccccc1Pc1ccc(C(C)(C)C)cc1. The first-order valence-corrected chi connectivity index (χ1v) is 7.40. The van der Waals surface area contributed by atoms with E-state index in [4.69, 9.17) is 0 Å². The predicted molar refractivity (Wildman–Crippen MR) is 83.9 cm³/mol. The minimum atomic E-state index is 0.240. The predicted octanol–water partition coefficient (Wildman–Crippen LogP) is 3.92. The van der Waals surface area contributed by atoms with Crippen molar-refractivity contribution < 1.29 is 0 Å². The van der Waals surface area contributed by atoms with Crippen molar-refractivity contribution >= 4 is 19.2 Å². The van der Waals surface area contributed by atoms with E-state index in [0.717, 1.165) is 8.58 Å². The van der Waals surface area contributed by atoms with Gasteiger partial charge in [0.25, 0.3) is 0 Å². The molecule has 2 aromatic carbocycles. The molecule has 18 heavy (non-hydrogen) atoms. The van der Waals surface area contributed by atoms with Gasteiger partial charge < -0.3 is 0 Å². The zero-order valence-electron chi connectivity index (χ0n) is 11.6. The highest BCUT2D eigenvalue weighted by Gasteiger charge is 2.12. The Hall–Kier alpha value is -1.13. The molecule has 0 aliphatic heterocycles. The van der Waals surface area contributed by atoms with Crippen molar-refractivity contribution in [2.45, 2.75) is 33.1 Å². The Labute approximate surface area is 112 Å². The first-order valence-electron chi connectivity index (χ1n) is 6.40. The number of benzene rings is 2. The number of rotatable bonds is 2. The lowest BCUT2D eigenvalue weighted by atomic mass is 9.87. The van der Waals surface area contributed by atoms with Gasteiger partial charge in [-0.15, -0.1) is 0 Å². The molecule has 0 saturated heterocycles. The Morgan fingerprint density at radius 3 is 2.00 bits per heavy atom. The molecule has 94 valence electrons. The topological polar surface area (TPSA) is 0 Å². The zero-order valence-corrected chi connectivity index (χ0v) is 12.6. The van der Waals surface area contributed by atoms with E-state index < -0.39 is 0 Å². The van der Waals surface area contributed by atoms with Crippen LogP contribution in [0.4, 0.5) is 0 Å². The van der Waals surface area contributed by atoms with Crippen LogP contribution in [0.25, 0.3) is 0 Å². The van der Waals surface area contributed by atoms with Gasteiger partial charge >= 0.3 is 0 Å². The normalized spacial score (nSPS) is 12.2. The molecule has 0 aliphatic rings. The minimum absolute atomic E-state index is 0.240. The first kappa shape index (κ1) is 13.3. The van der Waals surface area contributed by atoms with Crippen LogP contribution < -0.4 is 10.6 Å². The van der Waals surface area contributed by atoms with Crippen LogP contribution in [-0.2, 0) is 5.41 Å². The van der Waals surface area contributed by atoms with Crippen molar-refractivity contribution in [3.8, 4) is 0 Å². The maximum Gasteiger partial charge on any atom is -0.0132 e. The number of hydrogen-bond acceptors (Lipinski definition) is 0. The fourth-order valence-electron chi connectivity index (χ4n) is 1.92. The summed E-state index contributed by atoms with van der Waals surface area (Å²) in [5, 5.41) is 2.86. The molecule has 2 aromatic rings. The summed E-state index contributed by atoms with van der Waals surface area (Å²) >= 11 is 0. The van der Waals surface area contributed by atoms with Crippen LogP contribution in [0, 0.1) is 6.92 Å². The van der Waals surface area contributed by atoms with Crippen molar-refractivity contribution in [3.05, 3.63) is 59.7 Å². The molecule has 1 heteroatoms. The van der Waals surface area contributed by atoms with Gasteiger partial charge in [0, 0.05) is 0 Å². The Balaban J connectivity index is 2.19. The Bertz CT molecular complexity index is 518. The van der Waals surface area contributed by atoms with E-state index in [1.807, 2.05) is 0 Å². The molecule has 0 radical (unpaired) electrons. The van der Waals surface area contributed by atoms with E-state index in [9.17, 15) is 0 Å². The summed E-state index contributed by atoms with van der Waals surface area (Å²) in [5.74, 6) is 0. The van der Waals surface area contributed by atoms with E-state index in [0.29, 0.717) is 0 Å². The van der Waals surface area contributed by atoms with E-state index in [1.54, 1.807) is 0 Å². The van der Waals surface area contributed by atoms with Crippen molar-refractivity contribution in [2.75, 3.05) is 0 Å². The van der Waals surface area contributed by atoms with Crippen molar-refractivity contribution in [1.82, 2.24) is 0 Å². The second kappa shape index (κ2) is 5.24. The van der Waals surface area contributed by atoms with Gasteiger partial charge in [0.15, 0.2) is 0 Å².